The molecule has 0 aromatic heterocycles. The maximum Gasteiger partial charge on any atom is 0.224 e. The van der Waals surface area contributed by atoms with E-state index in [0.29, 0.717) is 0 Å². The van der Waals surface area contributed by atoms with Gasteiger partial charge < -0.3 is 79.9 Å². The summed E-state index contributed by atoms with van der Waals surface area (Å²) >= 11 is 0. The van der Waals surface area contributed by atoms with Gasteiger partial charge >= 0.3 is 0 Å². The Hall–Kier alpha value is -0.640. The summed E-state index contributed by atoms with van der Waals surface area (Å²) in [5, 5.41) is 109. The maximum atomic E-state index is 10.7. The highest BCUT2D eigenvalue weighted by Crippen LogP contribution is 2.40. The first-order valence-electron chi connectivity index (χ1n) is 10.6. The third-order valence-corrected chi connectivity index (χ3v) is 6.24. The summed E-state index contributed by atoms with van der Waals surface area (Å²) in [6.07, 6.45) is -20.8. The number of aliphatic hydroxyl groups is 11. The molecule has 200 valence electrons. The van der Waals surface area contributed by atoms with Gasteiger partial charge in [0.2, 0.25) is 5.79 Å². The second-order valence-corrected chi connectivity index (χ2v) is 8.39. The molecule has 0 aliphatic carbocycles. The maximum absolute atomic E-state index is 10.7. The lowest BCUT2D eigenvalue weighted by atomic mass is 9.94. The van der Waals surface area contributed by atoms with E-state index in [0.717, 1.165) is 0 Å². The van der Waals surface area contributed by atoms with Crippen LogP contribution in [0.2, 0.25) is 0 Å². The number of hydrogen-bond donors (Lipinski definition) is 11. The Labute approximate surface area is 192 Å². The van der Waals surface area contributed by atoms with Crippen LogP contribution in [0.3, 0.4) is 0 Å². The van der Waals surface area contributed by atoms with Crippen molar-refractivity contribution in [2.45, 2.75) is 79.6 Å². The van der Waals surface area contributed by atoms with Gasteiger partial charge in [0.25, 0.3) is 0 Å². The monoisotopic (exact) mass is 504 g/mol. The second-order valence-electron chi connectivity index (χ2n) is 8.39. The highest BCUT2D eigenvalue weighted by molar-refractivity contribution is 5.00. The van der Waals surface area contributed by atoms with Crippen LogP contribution in [0.4, 0.5) is 0 Å². The van der Waals surface area contributed by atoms with Crippen LogP contribution in [0.15, 0.2) is 0 Å². The predicted molar refractivity (Wildman–Crippen MR) is 101 cm³/mol. The SMILES string of the molecule is OC[C@@H]1C(O[C@H]2[C@H](O)[C@@H](CO)O[C@@]2(CO)O[C@H]2O[C@H](CO)[C@@H](O)[C@H](O)[C@H]2O)O[C@@H](O)[C@@H](O)[C@H]1O. The van der Waals surface area contributed by atoms with Gasteiger partial charge in [0.15, 0.2) is 18.9 Å². The van der Waals surface area contributed by atoms with Crippen molar-refractivity contribution in [3.8, 4) is 0 Å². The van der Waals surface area contributed by atoms with Gasteiger partial charge in [-0.1, -0.05) is 0 Å². The predicted octanol–water partition coefficient (Wildman–Crippen LogP) is -7.37. The minimum absolute atomic E-state index is 0.786. The molecule has 16 nitrogen and oxygen atoms in total. The van der Waals surface area contributed by atoms with Crippen LogP contribution in [0.5, 0.6) is 0 Å². The molecule has 0 bridgehead atoms. The van der Waals surface area contributed by atoms with E-state index < -0.39 is 112 Å². The zero-order valence-electron chi connectivity index (χ0n) is 17.8. The highest BCUT2D eigenvalue weighted by atomic mass is 16.8. The summed E-state index contributed by atoms with van der Waals surface area (Å²) in [5.41, 5.74) is 0. The largest absolute Gasteiger partial charge is 0.396 e. The van der Waals surface area contributed by atoms with Crippen molar-refractivity contribution in [2.75, 3.05) is 26.4 Å². The van der Waals surface area contributed by atoms with Crippen LogP contribution in [-0.4, -0.2) is 162 Å². The van der Waals surface area contributed by atoms with E-state index in [4.69, 9.17) is 23.7 Å². The number of hydrogen-bond acceptors (Lipinski definition) is 16. The normalized spacial score (nSPS) is 52.1. The molecule has 0 aromatic carbocycles. The third-order valence-electron chi connectivity index (χ3n) is 6.24. The van der Waals surface area contributed by atoms with Crippen molar-refractivity contribution >= 4 is 0 Å². The molecule has 3 fully saturated rings. The van der Waals surface area contributed by atoms with Gasteiger partial charge in [0.05, 0.1) is 31.8 Å². The summed E-state index contributed by atoms with van der Waals surface area (Å²) in [6.45, 7) is -3.50. The van der Waals surface area contributed by atoms with E-state index in [-0.39, 0.29) is 0 Å². The van der Waals surface area contributed by atoms with Crippen molar-refractivity contribution in [1.29, 1.82) is 0 Å². The Morgan fingerprint density at radius 1 is 0.618 bits per heavy atom. The summed E-state index contributed by atoms with van der Waals surface area (Å²) < 4.78 is 26.9. The zero-order chi connectivity index (χ0) is 25.4. The smallest absolute Gasteiger partial charge is 0.224 e. The first-order chi connectivity index (χ1) is 16.0. The van der Waals surface area contributed by atoms with Gasteiger partial charge in [0.1, 0.15) is 55.4 Å². The number of ether oxygens (including phenoxy) is 5. The van der Waals surface area contributed by atoms with Gasteiger partial charge in [-0.3, -0.25) is 0 Å². The summed E-state index contributed by atoms with van der Waals surface area (Å²) in [7, 11) is 0. The van der Waals surface area contributed by atoms with E-state index >= 15 is 0 Å². The van der Waals surface area contributed by atoms with Crippen molar-refractivity contribution in [3.05, 3.63) is 0 Å². The number of aliphatic hydroxyl groups excluding tert-OH is 11. The molecule has 3 aliphatic heterocycles. The molecule has 0 spiro atoms. The van der Waals surface area contributed by atoms with Gasteiger partial charge in [-0.25, -0.2) is 0 Å². The van der Waals surface area contributed by atoms with Crippen molar-refractivity contribution in [1.82, 2.24) is 0 Å². The first-order valence-corrected chi connectivity index (χ1v) is 10.6. The van der Waals surface area contributed by atoms with Gasteiger partial charge in [-0.05, 0) is 0 Å². The van der Waals surface area contributed by atoms with Gasteiger partial charge in [-0.15, -0.1) is 0 Å². The van der Waals surface area contributed by atoms with Crippen molar-refractivity contribution in [3.63, 3.8) is 0 Å². The fourth-order valence-electron chi connectivity index (χ4n) is 4.17. The molecule has 34 heavy (non-hydrogen) atoms. The molecular formula is C18H32O16. The minimum Gasteiger partial charge on any atom is -0.396 e. The van der Waals surface area contributed by atoms with E-state index in [2.05, 4.69) is 0 Å². The Morgan fingerprint density at radius 2 is 1.26 bits per heavy atom. The summed E-state index contributed by atoms with van der Waals surface area (Å²) in [5.74, 6) is -3.77. The van der Waals surface area contributed by atoms with Gasteiger partial charge in [0, 0.05) is 0 Å². The molecule has 3 heterocycles. The lowest BCUT2D eigenvalue weighted by molar-refractivity contribution is -0.404. The topological polar surface area (TPSA) is 269 Å². The zero-order valence-corrected chi connectivity index (χ0v) is 17.8. The van der Waals surface area contributed by atoms with Crippen LogP contribution in [-0.2, 0) is 23.7 Å². The lowest BCUT2D eigenvalue weighted by Crippen LogP contribution is -2.64. The fraction of sp³-hybridized carbons (Fsp3) is 1.00. The summed E-state index contributed by atoms with van der Waals surface area (Å²) in [6, 6.07) is 0. The molecular weight excluding hydrogens is 472 g/mol. The van der Waals surface area contributed by atoms with Crippen LogP contribution in [0, 0.1) is 5.92 Å². The molecule has 16 heteroatoms. The molecule has 3 rings (SSSR count). The van der Waals surface area contributed by atoms with Crippen molar-refractivity contribution < 1.29 is 79.9 Å². The lowest BCUT2D eigenvalue weighted by Gasteiger charge is -2.45. The molecule has 0 amide bonds. The Morgan fingerprint density at radius 3 is 1.82 bits per heavy atom. The molecule has 0 aromatic rings. The third kappa shape index (κ3) is 4.96. The van der Waals surface area contributed by atoms with Crippen LogP contribution in [0.1, 0.15) is 0 Å². The van der Waals surface area contributed by atoms with Gasteiger partial charge in [-0.2, -0.15) is 0 Å². The standard InChI is InChI=1S/C18H32O16/c19-1-5-8(23)12(27)15(29)32-16(5)31-14-10(25)7(3-21)33-18(14,4-22)34-17-13(28)11(26)9(24)6(2-20)30-17/h5-17,19-29H,1-4H2/t5-,6+,7+,8-,9+,10+,11-,12-,13+,14-,15+,16?,17+,18-/m0/s1. The minimum atomic E-state index is -2.42. The molecule has 11 N–H and O–H groups in total. The molecule has 0 saturated carbocycles. The Balaban J connectivity index is 1.88. The average molecular weight is 504 g/mol. The van der Waals surface area contributed by atoms with Crippen LogP contribution < -0.4 is 0 Å². The fourth-order valence-corrected chi connectivity index (χ4v) is 4.17. The van der Waals surface area contributed by atoms with E-state index in [9.17, 15) is 56.2 Å². The quantitative estimate of drug-likeness (QED) is 0.146. The molecule has 3 saturated heterocycles. The molecule has 0 radical (unpaired) electrons. The average Bonchev–Trinajstić information content (AvgIpc) is 3.09. The second kappa shape index (κ2) is 11.2. The van der Waals surface area contributed by atoms with E-state index in [1.807, 2.05) is 0 Å². The Kier molecular flexibility index (Phi) is 9.18. The molecule has 3 aliphatic rings. The van der Waals surface area contributed by atoms with Crippen molar-refractivity contribution in [2.24, 2.45) is 5.92 Å². The Bertz CT molecular complexity index is 653. The first kappa shape index (κ1) is 27.9. The van der Waals surface area contributed by atoms with Crippen LogP contribution in [0.25, 0.3) is 0 Å². The molecule has 1 unspecified atom stereocenters. The number of rotatable bonds is 8. The highest BCUT2D eigenvalue weighted by Gasteiger charge is 2.61. The van der Waals surface area contributed by atoms with E-state index in [1.54, 1.807) is 0 Å². The van der Waals surface area contributed by atoms with Crippen LogP contribution >= 0.6 is 0 Å². The molecule has 14 atom stereocenters. The van der Waals surface area contributed by atoms with E-state index in [1.165, 1.54) is 0 Å². The summed E-state index contributed by atoms with van der Waals surface area (Å²) in [4.78, 5) is 0.